The van der Waals surface area contributed by atoms with Gasteiger partial charge in [-0.15, -0.1) is 0 Å². The van der Waals surface area contributed by atoms with E-state index in [0.717, 1.165) is 18.4 Å². The number of carbonyl (C=O) groups is 1. The third kappa shape index (κ3) is 4.33. The first-order valence-electron chi connectivity index (χ1n) is 10.2. The molecule has 0 spiro atoms. The molecule has 0 radical (unpaired) electrons. The van der Waals surface area contributed by atoms with Crippen LogP contribution in [0, 0.1) is 0 Å². The zero-order valence-electron chi connectivity index (χ0n) is 17.8. The average Bonchev–Trinajstić information content (AvgIpc) is 3.50. The molecule has 0 atom stereocenters. The number of carbonyl (C=O) groups excluding carboxylic acids is 1. The summed E-state index contributed by atoms with van der Waals surface area (Å²) in [5.41, 5.74) is 1.77. The van der Waals surface area contributed by atoms with Crippen LogP contribution in [0.1, 0.15) is 47.8 Å². The van der Waals surface area contributed by atoms with Gasteiger partial charge in [-0.3, -0.25) is 4.79 Å². The Hall–Kier alpha value is -3.55. The number of nitrogens with zero attached hydrogens (tertiary/aromatic N) is 2. The van der Waals surface area contributed by atoms with Crippen LogP contribution in [-0.4, -0.2) is 37.4 Å². The Kier molecular flexibility index (Phi) is 6.06. The van der Waals surface area contributed by atoms with Crippen LogP contribution >= 0.6 is 0 Å². The van der Waals surface area contributed by atoms with E-state index < -0.39 is 0 Å². The monoisotopic (exact) mass is 423 g/mol. The predicted molar refractivity (Wildman–Crippen MR) is 115 cm³/mol. The van der Waals surface area contributed by atoms with Crippen LogP contribution in [0.4, 0.5) is 5.69 Å². The van der Waals surface area contributed by atoms with Gasteiger partial charge < -0.3 is 24.1 Å². The fourth-order valence-corrected chi connectivity index (χ4v) is 3.84. The van der Waals surface area contributed by atoms with Gasteiger partial charge in [0.25, 0.3) is 5.91 Å². The molecule has 8 heteroatoms. The second-order valence-corrected chi connectivity index (χ2v) is 7.39. The summed E-state index contributed by atoms with van der Waals surface area (Å²) >= 11 is 0. The minimum Gasteiger partial charge on any atom is -0.493 e. The van der Waals surface area contributed by atoms with Crippen LogP contribution in [0.2, 0.25) is 0 Å². The minimum atomic E-state index is -0.309. The van der Waals surface area contributed by atoms with Crippen LogP contribution in [0.3, 0.4) is 0 Å². The Bertz CT molecular complexity index is 1050. The summed E-state index contributed by atoms with van der Waals surface area (Å²) in [7, 11) is 4.53. The molecule has 1 heterocycles. The first kappa shape index (κ1) is 20.7. The highest BCUT2D eigenvalue weighted by atomic mass is 16.5. The molecule has 0 saturated heterocycles. The zero-order valence-corrected chi connectivity index (χ0v) is 17.8. The largest absolute Gasteiger partial charge is 0.493 e. The van der Waals surface area contributed by atoms with Crippen molar-refractivity contribution in [3.63, 3.8) is 0 Å². The van der Waals surface area contributed by atoms with Gasteiger partial charge >= 0.3 is 0 Å². The van der Waals surface area contributed by atoms with E-state index in [2.05, 4.69) is 15.5 Å². The van der Waals surface area contributed by atoms with Crippen molar-refractivity contribution in [3.05, 3.63) is 47.9 Å². The van der Waals surface area contributed by atoms with Crippen molar-refractivity contribution in [3.8, 4) is 28.6 Å². The van der Waals surface area contributed by atoms with Crippen LogP contribution in [0.25, 0.3) is 11.4 Å². The lowest BCUT2D eigenvalue weighted by molar-refractivity contribution is 0.102. The summed E-state index contributed by atoms with van der Waals surface area (Å²) in [5.74, 6) is 2.50. The van der Waals surface area contributed by atoms with Gasteiger partial charge in [0, 0.05) is 22.7 Å². The standard InChI is InChI=1S/C23H25N3O5/c1-28-18-12-16(13-19(29-2)20(18)30-3)22(27)24-17-10-6-9-15(11-17)21-25-23(31-26-21)14-7-4-5-8-14/h6,9-14H,4-5,7-8H2,1-3H3,(H,24,27). The van der Waals surface area contributed by atoms with Crippen molar-refractivity contribution in [2.24, 2.45) is 0 Å². The molecule has 3 aromatic rings. The van der Waals surface area contributed by atoms with Crippen molar-refractivity contribution in [2.45, 2.75) is 31.6 Å². The smallest absolute Gasteiger partial charge is 0.255 e. The Morgan fingerprint density at radius 3 is 2.39 bits per heavy atom. The fraction of sp³-hybridized carbons (Fsp3) is 0.348. The lowest BCUT2D eigenvalue weighted by Gasteiger charge is -2.14. The van der Waals surface area contributed by atoms with E-state index in [4.69, 9.17) is 18.7 Å². The molecule has 0 aliphatic heterocycles. The number of anilines is 1. The summed E-state index contributed by atoms with van der Waals surface area (Å²) in [6.07, 6.45) is 4.58. The van der Waals surface area contributed by atoms with E-state index in [-0.39, 0.29) is 5.91 Å². The third-order valence-corrected chi connectivity index (χ3v) is 5.45. The molecule has 0 bridgehead atoms. The molecule has 0 unspecified atom stereocenters. The minimum absolute atomic E-state index is 0.309. The summed E-state index contributed by atoms with van der Waals surface area (Å²) in [4.78, 5) is 17.4. The molecule has 8 nitrogen and oxygen atoms in total. The maximum absolute atomic E-state index is 12.9. The van der Waals surface area contributed by atoms with Crippen molar-refractivity contribution in [1.29, 1.82) is 0 Å². The van der Waals surface area contributed by atoms with Crippen molar-refractivity contribution < 1.29 is 23.5 Å². The van der Waals surface area contributed by atoms with Gasteiger partial charge in [0.1, 0.15) is 0 Å². The number of ether oxygens (including phenoxy) is 3. The van der Waals surface area contributed by atoms with Crippen molar-refractivity contribution in [2.75, 3.05) is 26.6 Å². The van der Waals surface area contributed by atoms with Crippen molar-refractivity contribution in [1.82, 2.24) is 10.1 Å². The van der Waals surface area contributed by atoms with Crippen LogP contribution in [0.5, 0.6) is 17.2 Å². The lowest BCUT2D eigenvalue weighted by atomic mass is 10.1. The number of methoxy groups -OCH3 is 3. The molecule has 2 aromatic carbocycles. The molecule has 162 valence electrons. The Morgan fingerprint density at radius 1 is 1.03 bits per heavy atom. The number of rotatable bonds is 7. The quantitative estimate of drug-likeness (QED) is 0.590. The van der Waals surface area contributed by atoms with Gasteiger partial charge in [0.05, 0.1) is 21.3 Å². The molecule has 31 heavy (non-hydrogen) atoms. The molecule has 1 fully saturated rings. The third-order valence-electron chi connectivity index (χ3n) is 5.45. The van der Waals surface area contributed by atoms with Gasteiger partial charge in [-0.1, -0.05) is 30.1 Å². The number of hydrogen-bond donors (Lipinski definition) is 1. The van der Waals surface area contributed by atoms with Crippen LogP contribution < -0.4 is 19.5 Å². The highest BCUT2D eigenvalue weighted by molar-refractivity contribution is 6.05. The van der Waals surface area contributed by atoms with E-state index in [1.165, 1.54) is 34.2 Å². The first-order valence-corrected chi connectivity index (χ1v) is 10.2. The molecular formula is C23H25N3O5. The zero-order chi connectivity index (χ0) is 21.8. The van der Waals surface area contributed by atoms with Crippen molar-refractivity contribution >= 4 is 11.6 Å². The second kappa shape index (κ2) is 9.07. The van der Waals surface area contributed by atoms with Gasteiger partial charge in [0.15, 0.2) is 11.5 Å². The predicted octanol–water partition coefficient (Wildman–Crippen LogP) is 4.67. The number of nitrogens with one attached hydrogen (secondary N) is 1. The van der Waals surface area contributed by atoms with Crippen LogP contribution in [0.15, 0.2) is 40.9 Å². The summed E-state index contributed by atoms with van der Waals surface area (Å²) < 4.78 is 21.4. The number of aromatic nitrogens is 2. The molecule has 1 aliphatic carbocycles. The van der Waals surface area contributed by atoms with E-state index in [1.807, 2.05) is 18.2 Å². The normalized spacial score (nSPS) is 13.8. The van der Waals surface area contributed by atoms with E-state index in [1.54, 1.807) is 18.2 Å². The Balaban J connectivity index is 1.54. The lowest BCUT2D eigenvalue weighted by Crippen LogP contribution is -2.12. The van der Waals surface area contributed by atoms with Gasteiger partial charge in [-0.25, -0.2) is 0 Å². The van der Waals surface area contributed by atoms with E-state index in [0.29, 0.717) is 46.1 Å². The van der Waals surface area contributed by atoms with Crippen LogP contribution in [-0.2, 0) is 0 Å². The Morgan fingerprint density at radius 2 is 1.74 bits per heavy atom. The average molecular weight is 423 g/mol. The van der Waals surface area contributed by atoms with E-state index in [9.17, 15) is 4.79 Å². The van der Waals surface area contributed by atoms with Gasteiger partial charge in [0.2, 0.25) is 17.5 Å². The molecular weight excluding hydrogens is 398 g/mol. The van der Waals surface area contributed by atoms with Gasteiger partial charge in [-0.2, -0.15) is 4.98 Å². The summed E-state index contributed by atoms with van der Waals surface area (Å²) in [6, 6.07) is 10.6. The SMILES string of the molecule is COc1cc(C(=O)Nc2cccc(-c3noc(C4CCCC4)n3)c2)cc(OC)c1OC. The molecule has 1 saturated carbocycles. The maximum Gasteiger partial charge on any atom is 0.255 e. The highest BCUT2D eigenvalue weighted by Gasteiger charge is 2.23. The number of benzene rings is 2. The van der Waals surface area contributed by atoms with Gasteiger partial charge in [-0.05, 0) is 37.1 Å². The summed E-state index contributed by atoms with van der Waals surface area (Å²) in [6.45, 7) is 0. The Labute approximate surface area is 180 Å². The first-order chi connectivity index (χ1) is 15.1. The maximum atomic E-state index is 12.9. The molecule has 1 aliphatic rings. The second-order valence-electron chi connectivity index (χ2n) is 7.39. The number of hydrogen-bond acceptors (Lipinski definition) is 7. The topological polar surface area (TPSA) is 95.7 Å². The highest BCUT2D eigenvalue weighted by Crippen LogP contribution is 2.38. The van der Waals surface area contributed by atoms with E-state index >= 15 is 0 Å². The molecule has 1 aromatic heterocycles. The number of amides is 1. The molecule has 4 rings (SSSR count). The molecule has 1 N–H and O–H groups in total. The molecule has 1 amide bonds. The summed E-state index contributed by atoms with van der Waals surface area (Å²) in [5, 5.41) is 7.02. The fourth-order valence-electron chi connectivity index (χ4n) is 3.84.